The second-order valence-electron chi connectivity index (χ2n) is 11.8. The molecule has 0 N–H and O–H groups in total. The maximum atomic E-state index is 4.99. The first-order valence-corrected chi connectivity index (χ1v) is 15.4. The van der Waals surface area contributed by atoms with Crippen molar-refractivity contribution >= 4 is 38.0 Å². The molecule has 2 heterocycles. The number of benzene rings is 7. The number of nitrogens with zero attached hydrogens (tertiary/aromatic N) is 2. The monoisotopic (exact) mass is 572 g/mol. The molecule has 9 aromatic rings. The van der Waals surface area contributed by atoms with E-state index in [-0.39, 0.29) is 0 Å². The van der Waals surface area contributed by atoms with E-state index >= 15 is 0 Å². The zero-order valence-corrected chi connectivity index (χ0v) is 24.6. The highest BCUT2D eigenvalue weighted by Gasteiger charge is 2.11. The molecule has 0 bridgehead atoms. The average Bonchev–Trinajstić information content (AvgIpc) is 3.56. The molecule has 2 nitrogen and oxygen atoms in total. The number of rotatable bonds is 4. The van der Waals surface area contributed by atoms with Crippen LogP contribution in [0.25, 0.3) is 82.6 Å². The molecule has 0 amide bonds. The van der Waals surface area contributed by atoms with Gasteiger partial charge in [-0.05, 0) is 103 Å². The Labute approximate surface area is 261 Å². The van der Waals surface area contributed by atoms with E-state index in [9.17, 15) is 0 Å². The summed E-state index contributed by atoms with van der Waals surface area (Å²) in [5, 5.41) is 11.2. The summed E-state index contributed by atoms with van der Waals surface area (Å²) in [5.41, 5.74) is 11.5. The SMILES string of the molecule is c1ccc2cc(-c3cc(-c4ccc(-c5cc6ccc7ccccc7n6n5)cc4)cc(-c4ccc5ccccc5c4)c3)ccc2c1. The summed E-state index contributed by atoms with van der Waals surface area (Å²) in [6, 6.07) is 61.3. The average molecular weight is 573 g/mol. The molecule has 0 radical (unpaired) electrons. The Morgan fingerprint density at radius 2 is 0.778 bits per heavy atom. The summed E-state index contributed by atoms with van der Waals surface area (Å²) in [6.45, 7) is 0. The van der Waals surface area contributed by atoms with Crippen LogP contribution in [0.1, 0.15) is 0 Å². The van der Waals surface area contributed by atoms with Gasteiger partial charge in [0.2, 0.25) is 0 Å². The minimum Gasteiger partial charge on any atom is -0.232 e. The van der Waals surface area contributed by atoms with E-state index in [0.717, 1.165) is 22.3 Å². The summed E-state index contributed by atoms with van der Waals surface area (Å²) in [4.78, 5) is 0. The van der Waals surface area contributed by atoms with Crippen LogP contribution in [-0.4, -0.2) is 9.61 Å². The van der Waals surface area contributed by atoms with Crippen LogP contribution in [-0.2, 0) is 0 Å². The molecule has 210 valence electrons. The molecule has 0 fully saturated rings. The Kier molecular flexibility index (Phi) is 5.85. The first kappa shape index (κ1) is 25.5. The fraction of sp³-hybridized carbons (Fsp3) is 0. The van der Waals surface area contributed by atoms with Crippen molar-refractivity contribution in [3.63, 3.8) is 0 Å². The van der Waals surface area contributed by atoms with Crippen LogP contribution in [0.3, 0.4) is 0 Å². The summed E-state index contributed by atoms with van der Waals surface area (Å²) < 4.78 is 2.04. The van der Waals surface area contributed by atoms with E-state index in [0.29, 0.717) is 0 Å². The lowest BCUT2D eigenvalue weighted by atomic mass is 9.91. The summed E-state index contributed by atoms with van der Waals surface area (Å²) in [6.07, 6.45) is 0. The summed E-state index contributed by atoms with van der Waals surface area (Å²) in [7, 11) is 0. The normalized spacial score (nSPS) is 11.6. The predicted octanol–water partition coefficient (Wildman–Crippen LogP) is 11.5. The second kappa shape index (κ2) is 10.3. The quantitative estimate of drug-likeness (QED) is 0.205. The summed E-state index contributed by atoms with van der Waals surface area (Å²) in [5.74, 6) is 0. The van der Waals surface area contributed by atoms with Crippen molar-refractivity contribution in [1.82, 2.24) is 9.61 Å². The van der Waals surface area contributed by atoms with Crippen LogP contribution >= 0.6 is 0 Å². The minimum absolute atomic E-state index is 0.972. The van der Waals surface area contributed by atoms with Gasteiger partial charge < -0.3 is 0 Å². The van der Waals surface area contributed by atoms with Crippen LogP contribution in [0, 0.1) is 0 Å². The molecular formula is C43H28N2. The molecule has 45 heavy (non-hydrogen) atoms. The highest BCUT2D eigenvalue weighted by Crippen LogP contribution is 2.36. The van der Waals surface area contributed by atoms with E-state index in [1.807, 2.05) is 4.52 Å². The molecule has 0 aliphatic rings. The van der Waals surface area contributed by atoms with Gasteiger partial charge in [0.15, 0.2) is 0 Å². The highest BCUT2D eigenvalue weighted by molar-refractivity contribution is 5.92. The van der Waals surface area contributed by atoms with E-state index in [2.05, 4.69) is 170 Å². The third-order valence-corrected chi connectivity index (χ3v) is 8.95. The molecular weight excluding hydrogens is 544 g/mol. The number of aromatic nitrogens is 2. The summed E-state index contributed by atoms with van der Waals surface area (Å²) >= 11 is 0. The maximum absolute atomic E-state index is 4.99. The van der Waals surface area contributed by atoms with Gasteiger partial charge in [-0.1, -0.05) is 121 Å². The molecule has 9 rings (SSSR count). The Hall–Kier alpha value is -5.99. The van der Waals surface area contributed by atoms with Gasteiger partial charge in [0, 0.05) is 10.9 Å². The highest BCUT2D eigenvalue weighted by atomic mass is 15.2. The molecule has 0 unspecified atom stereocenters. The predicted molar refractivity (Wildman–Crippen MR) is 189 cm³/mol. The lowest BCUT2D eigenvalue weighted by Gasteiger charge is -2.13. The van der Waals surface area contributed by atoms with Crippen molar-refractivity contribution in [2.24, 2.45) is 0 Å². The molecule has 2 heteroatoms. The van der Waals surface area contributed by atoms with E-state index in [4.69, 9.17) is 5.10 Å². The second-order valence-corrected chi connectivity index (χ2v) is 11.8. The topological polar surface area (TPSA) is 17.3 Å². The molecule has 0 aliphatic heterocycles. The van der Waals surface area contributed by atoms with Crippen LogP contribution < -0.4 is 0 Å². The molecule has 0 aliphatic carbocycles. The van der Waals surface area contributed by atoms with Crippen molar-refractivity contribution in [1.29, 1.82) is 0 Å². The molecule has 7 aromatic carbocycles. The van der Waals surface area contributed by atoms with Gasteiger partial charge >= 0.3 is 0 Å². The van der Waals surface area contributed by atoms with Gasteiger partial charge in [0.25, 0.3) is 0 Å². The van der Waals surface area contributed by atoms with Crippen molar-refractivity contribution < 1.29 is 0 Å². The van der Waals surface area contributed by atoms with Crippen LogP contribution in [0.2, 0.25) is 0 Å². The van der Waals surface area contributed by atoms with Crippen molar-refractivity contribution in [3.05, 3.63) is 170 Å². The number of pyridine rings is 1. The van der Waals surface area contributed by atoms with Gasteiger partial charge in [0.1, 0.15) is 0 Å². The Bertz CT molecular complexity index is 2440. The van der Waals surface area contributed by atoms with Crippen LogP contribution in [0.4, 0.5) is 0 Å². The fourth-order valence-corrected chi connectivity index (χ4v) is 6.54. The molecule has 2 aromatic heterocycles. The Morgan fingerprint density at radius 1 is 0.311 bits per heavy atom. The molecule has 0 spiro atoms. The Balaban J connectivity index is 1.16. The third kappa shape index (κ3) is 4.56. The largest absolute Gasteiger partial charge is 0.232 e. The number of fused-ring (bicyclic) bond motifs is 5. The van der Waals surface area contributed by atoms with Gasteiger partial charge in [0.05, 0.1) is 16.7 Å². The first-order chi connectivity index (χ1) is 22.2. The molecule has 0 atom stereocenters. The molecule has 0 saturated heterocycles. The van der Waals surface area contributed by atoms with E-state index in [1.165, 1.54) is 60.3 Å². The van der Waals surface area contributed by atoms with Gasteiger partial charge in [-0.2, -0.15) is 5.10 Å². The minimum atomic E-state index is 0.972. The van der Waals surface area contributed by atoms with Crippen LogP contribution in [0.5, 0.6) is 0 Å². The number of para-hydroxylation sites is 1. The standard InChI is InChI=1S/C43H28N2/c1-3-10-34-23-36(19-15-29(34)7-1)39-25-38(26-40(27-39)37-20-16-30-8-2-4-11-35(30)24-37)31-13-17-32(18-14-31)42-28-41-22-21-33-9-5-6-12-43(33)45(41)44-42/h1-28H. The zero-order valence-electron chi connectivity index (χ0n) is 24.6. The first-order valence-electron chi connectivity index (χ1n) is 15.4. The fourth-order valence-electron chi connectivity index (χ4n) is 6.54. The molecule has 0 saturated carbocycles. The van der Waals surface area contributed by atoms with E-state index < -0.39 is 0 Å². The van der Waals surface area contributed by atoms with Gasteiger partial charge in [-0.15, -0.1) is 0 Å². The van der Waals surface area contributed by atoms with Crippen molar-refractivity contribution in [2.75, 3.05) is 0 Å². The lowest BCUT2D eigenvalue weighted by Crippen LogP contribution is -1.90. The zero-order chi connectivity index (χ0) is 29.7. The maximum Gasteiger partial charge on any atom is 0.0933 e. The van der Waals surface area contributed by atoms with Crippen molar-refractivity contribution in [3.8, 4) is 44.6 Å². The lowest BCUT2D eigenvalue weighted by molar-refractivity contribution is 1.01. The van der Waals surface area contributed by atoms with Gasteiger partial charge in [-0.3, -0.25) is 0 Å². The van der Waals surface area contributed by atoms with Gasteiger partial charge in [-0.25, -0.2) is 4.52 Å². The number of hydrogen-bond donors (Lipinski definition) is 0. The van der Waals surface area contributed by atoms with Crippen molar-refractivity contribution in [2.45, 2.75) is 0 Å². The third-order valence-electron chi connectivity index (χ3n) is 8.95. The smallest absolute Gasteiger partial charge is 0.0933 e. The van der Waals surface area contributed by atoms with Crippen LogP contribution in [0.15, 0.2) is 170 Å². The number of hydrogen-bond acceptors (Lipinski definition) is 1. The Morgan fingerprint density at radius 3 is 1.40 bits per heavy atom. The van der Waals surface area contributed by atoms with E-state index in [1.54, 1.807) is 0 Å².